The second-order valence-electron chi connectivity index (χ2n) is 1.71. The van der Waals surface area contributed by atoms with Gasteiger partial charge in [0.1, 0.15) is 0 Å². The molecular weight excluding hydrogens is 152 g/mol. The lowest BCUT2D eigenvalue weighted by Crippen LogP contribution is -1.98. The molecule has 0 saturated heterocycles. The lowest BCUT2D eigenvalue weighted by molar-refractivity contribution is -0.131. The second kappa shape index (κ2) is 2.70. The summed E-state index contributed by atoms with van der Waals surface area (Å²) >= 11 is 0. The quantitative estimate of drug-likeness (QED) is 0.459. The number of hydrogen-bond acceptors (Lipinski definition) is 2. The molecule has 1 rings (SSSR count). The fourth-order valence-corrected chi connectivity index (χ4v) is 1.76. The highest BCUT2D eigenvalue weighted by atomic mass is 32.2. The monoisotopic (exact) mass is 158 g/mol. The molecule has 1 heterocycles. The molecule has 0 amide bonds. The van der Waals surface area contributed by atoms with E-state index >= 15 is 0 Å². The first-order valence-corrected chi connectivity index (χ1v) is 4.09. The number of rotatable bonds is 2. The maximum Gasteiger partial charge on any atom is 0.341 e. The summed E-state index contributed by atoms with van der Waals surface area (Å²) < 4.78 is 0. The van der Waals surface area contributed by atoms with Crippen molar-refractivity contribution in [3.63, 3.8) is 0 Å². The van der Waals surface area contributed by atoms with Crippen molar-refractivity contribution in [3.05, 3.63) is 22.5 Å². The Kier molecular flexibility index (Phi) is 1.91. The van der Waals surface area contributed by atoms with Gasteiger partial charge in [0, 0.05) is 0 Å². The van der Waals surface area contributed by atoms with E-state index in [1.54, 1.807) is 11.5 Å². The molecule has 1 N–H and O–H groups in total. The molecule has 0 saturated carbocycles. The molecule has 0 fully saturated rings. The standard InChI is InChI=1S/C6H6O3S/c7-4-10-3-1-2-5(10)6(8)9/h1-4,10H,(H,8,9). The lowest BCUT2D eigenvalue weighted by atomic mass is 10.5. The van der Waals surface area contributed by atoms with Crippen LogP contribution in [0.2, 0.25) is 0 Å². The zero-order valence-electron chi connectivity index (χ0n) is 5.02. The molecule has 1 unspecified atom stereocenters. The summed E-state index contributed by atoms with van der Waals surface area (Å²) in [6.45, 7) is 0. The van der Waals surface area contributed by atoms with Crippen LogP contribution < -0.4 is 0 Å². The van der Waals surface area contributed by atoms with Gasteiger partial charge in [-0.2, -0.15) is 0 Å². The summed E-state index contributed by atoms with van der Waals surface area (Å²) in [5, 5.41) is 10.1. The van der Waals surface area contributed by atoms with Crippen molar-refractivity contribution in [2.75, 3.05) is 0 Å². The smallest absolute Gasteiger partial charge is 0.341 e. The Hall–Kier alpha value is -1.03. The van der Waals surface area contributed by atoms with Crippen LogP contribution in [0, 0.1) is 0 Å². The molecule has 0 aromatic heterocycles. The third-order valence-corrected chi connectivity index (χ3v) is 2.73. The maximum absolute atomic E-state index is 10.3. The third kappa shape index (κ3) is 1.11. The van der Waals surface area contributed by atoms with Crippen LogP contribution in [0.5, 0.6) is 0 Å². The van der Waals surface area contributed by atoms with Crippen molar-refractivity contribution in [1.82, 2.24) is 0 Å². The van der Waals surface area contributed by atoms with Gasteiger partial charge in [0.15, 0.2) is 5.62 Å². The Labute approximate surface area is 60.4 Å². The molecule has 1 aliphatic rings. The molecule has 0 bridgehead atoms. The van der Waals surface area contributed by atoms with E-state index in [2.05, 4.69) is 0 Å². The average molecular weight is 158 g/mol. The Bertz CT molecular complexity index is 229. The van der Waals surface area contributed by atoms with E-state index in [0.717, 1.165) is 0 Å². The highest BCUT2D eigenvalue weighted by Gasteiger charge is 2.15. The van der Waals surface area contributed by atoms with Gasteiger partial charge in [0.25, 0.3) is 0 Å². The van der Waals surface area contributed by atoms with E-state index in [0.29, 0.717) is 5.62 Å². The van der Waals surface area contributed by atoms with E-state index in [1.807, 2.05) is 0 Å². The molecule has 0 aromatic rings. The van der Waals surface area contributed by atoms with Crippen LogP contribution in [0.4, 0.5) is 0 Å². The number of aliphatic carboxylic acids is 1. The zero-order valence-corrected chi connectivity index (χ0v) is 5.91. The minimum absolute atomic E-state index is 0.213. The van der Waals surface area contributed by atoms with Crippen molar-refractivity contribution in [2.45, 2.75) is 0 Å². The molecule has 0 aliphatic carbocycles. The number of hydrogen-bond donors (Lipinski definition) is 2. The summed E-state index contributed by atoms with van der Waals surface area (Å²) in [5.74, 6) is -0.997. The normalized spacial score (nSPS) is 26.0. The summed E-state index contributed by atoms with van der Waals surface area (Å²) in [6, 6.07) is 0. The molecule has 0 spiro atoms. The van der Waals surface area contributed by atoms with Gasteiger partial charge in [-0.25, -0.2) is 4.79 Å². The largest absolute Gasteiger partial charge is 0.477 e. The number of carbonyl (C=O) groups is 2. The lowest BCUT2D eigenvalue weighted by Gasteiger charge is -2.03. The minimum Gasteiger partial charge on any atom is -0.477 e. The number of thiol groups is 1. The van der Waals surface area contributed by atoms with E-state index in [-0.39, 0.29) is 4.91 Å². The van der Waals surface area contributed by atoms with Crippen molar-refractivity contribution < 1.29 is 14.7 Å². The zero-order chi connectivity index (χ0) is 7.56. The number of carboxylic acid groups (broad SMARTS) is 1. The first-order chi connectivity index (χ1) is 4.75. The predicted molar refractivity (Wildman–Crippen MR) is 40.6 cm³/mol. The predicted octanol–water partition coefficient (Wildman–Crippen LogP) is 0.674. The van der Waals surface area contributed by atoms with Crippen molar-refractivity contribution >= 4 is 22.5 Å². The molecule has 0 radical (unpaired) electrons. The van der Waals surface area contributed by atoms with Gasteiger partial charge in [0.2, 0.25) is 0 Å². The van der Waals surface area contributed by atoms with Gasteiger partial charge in [-0.15, -0.1) is 10.9 Å². The summed E-state index contributed by atoms with van der Waals surface area (Å²) in [6.07, 6.45) is 3.06. The van der Waals surface area contributed by atoms with Gasteiger partial charge in [-0.05, 0) is 11.5 Å². The fourth-order valence-electron chi connectivity index (χ4n) is 0.667. The van der Waals surface area contributed by atoms with E-state index in [9.17, 15) is 9.59 Å². The molecular formula is C6H6O3S. The third-order valence-electron chi connectivity index (χ3n) is 1.11. The van der Waals surface area contributed by atoms with Crippen LogP contribution in [0.3, 0.4) is 0 Å². The maximum atomic E-state index is 10.3. The van der Waals surface area contributed by atoms with Gasteiger partial charge in [0.05, 0.1) is 4.91 Å². The molecule has 10 heavy (non-hydrogen) atoms. The summed E-state index contributed by atoms with van der Waals surface area (Å²) in [4.78, 5) is 20.7. The minimum atomic E-state index is -1.15. The van der Waals surface area contributed by atoms with Gasteiger partial charge >= 0.3 is 5.97 Å². The molecule has 0 aromatic carbocycles. The van der Waals surface area contributed by atoms with E-state index < -0.39 is 16.9 Å². The van der Waals surface area contributed by atoms with Crippen LogP contribution >= 0.6 is 10.9 Å². The first-order valence-electron chi connectivity index (χ1n) is 2.61. The summed E-state index contributed by atoms with van der Waals surface area (Å²) in [7, 11) is -1.15. The second-order valence-corrected chi connectivity index (χ2v) is 3.52. The number of allylic oxidation sites excluding steroid dienone is 2. The van der Waals surface area contributed by atoms with Crippen LogP contribution in [0.1, 0.15) is 0 Å². The highest BCUT2D eigenvalue weighted by molar-refractivity contribution is 8.34. The molecule has 54 valence electrons. The average Bonchev–Trinajstić information content (AvgIpc) is 2.33. The Balaban J connectivity index is 2.81. The van der Waals surface area contributed by atoms with E-state index in [4.69, 9.17) is 5.11 Å². The Morgan fingerprint density at radius 1 is 1.70 bits per heavy atom. The van der Waals surface area contributed by atoms with E-state index in [1.165, 1.54) is 6.08 Å². The van der Waals surface area contributed by atoms with Crippen LogP contribution in [-0.4, -0.2) is 16.7 Å². The van der Waals surface area contributed by atoms with Crippen LogP contribution in [0.25, 0.3) is 0 Å². The fraction of sp³-hybridized carbons (Fsp3) is 0. The van der Waals surface area contributed by atoms with Gasteiger partial charge < -0.3 is 5.11 Å². The SMILES string of the molecule is O=C[SH]1C=CC=C1C(=O)O. The van der Waals surface area contributed by atoms with Crippen LogP contribution in [0.15, 0.2) is 22.5 Å². The highest BCUT2D eigenvalue weighted by Crippen LogP contribution is 2.37. The molecule has 3 nitrogen and oxygen atoms in total. The topological polar surface area (TPSA) is 54.4 Å². The van der Waals surface area contributed by atoms with Crippen molar-refractivity contribution in [1.29, 1.82) is 0 Å². The van der Waals surface area contributed by atoms with Crippen LogP contribution in [-0.2, 0) is 9.59 Å². The molecule has 4 heteroatoms. The summed E-state index contributed by atoms with van der Waals surface area (Å²) in [5.41, 5.74) is 0.679. The van der Waals surface area contributed by atoms with Gasteiger partial charge in [-0.3, -0.25) is 4.79 Å². The Morgan fingerprint density at radius 3 is 2.80 bits per heavy atom. The van der Waals surface area contributed by atoms with Crippen molar-refractivity contribution in [3.8, 4) is 0 Å². The first kappa shape index (κ1) is 7.08. The van der Waals surface area contributed by atoms with Crippen molar-refractivity contribution in [2.24, 2.45) is 0 Å². The molecule has 1 aliphatic heterocycles. The molecule has 1 atom stereocenters. The van der Waals surface area contributed by atoms with Gasteiger partial charge in [-0.1, -0.05) is 6.08 Å². The Morgan fingerprint density at radius 2 is 2.40 bits per heavy atom. The number of carboxylic acids is 1. The number of carbonyl (C=O) groups excluding carboxylic acids is 1.